The molecule has 0 saturated heterocycles. The molecule has 0 aliphatic carbocycles. The van der Waals surface area contributed by atoms with E-state index >= 15 is 0 Å². The second-order valence-corrected chi connectivity index (χ2v) is 10.2. The van der Waals surface area contributed by atoms with Gasteiger partial charge >= 0.3 is 5.97 Å². The molecule has 3 aromatic carbocycles. The molecule has 0 saturated carbocycles. The molecule has 1 heterocycles. The lowest BCUT2D eigenvalue weighted by molar-refractivity contribution is -0.120. The summed E-state index contributed by atoms with van der Waals surface area (Å²) in [7, 11) is 0. The molecule has 4 rings (SSSR count). The summed E-state index contributed by atoms with van der Waals surface area (Å²) in [5.74, 6) is -1.36. The summed E-state index contributed by atoms with van der Waals surface area (Å²) in [5.41, 5.74) is 2.70. The van der Waals surface area contributed by atoms with Gasteiger partial charge in [-0.25, -0.2) is 9.69 Å². The van der Waals surface area contributed by atoms with E-state index in [1.165, 1.54) is 11.8 Å². The van der Waals surface area contributed by atoms with Crippen LogP contribution in [0.15, 0.2) is 92.8 Å². The van der Waals surface area contributed by atoms with Crippen molar-refractivity contribution in [3.8, 4) is 0 Å². The number of aryl methyl sites for hydroxylation is 1. The molecule has 3 aromatic rings. The molecule has 0 spiro atoms. The van der Waals surface area contributed by atoms with Gasteiger partial charge in [0.15, 0.2) is 0 Å². The van der Waals surface area contributed by atoms with Crippen LogP contribution in [0.4, 0.5) is 11.4 Å². The van der Waals surface area contributed by atoms with Gasteiger partial charge in [-0.3, -0.25) is 9.59 Å². The fourth-order valence-corrected chi connectivity index (χ4v) is 4.57. The highest BCUT2D eigenvalue weighted by Crippen LogP contribution is 2.38. The third-order valence-corrected chi connectivity index (χ3v) is 6.72. The fraction of sp³-hybridized carbons (Fsp3) is 0.148. The quantitative estimate of drug-likeness (QED) is 0.274. The van der Waals surface area contributed by atoms with Crippen molar-refractivity contribution in [1.29, 1.82) is 0 Å². The number of nitrogens with one attached hydrogen (secondary N) is 1. The zero-order valence-corrected chi connectivity index (χ0v) is 21.8. The lowest BCUT2D eigenvalue weighted by Gasteiger charge is -2.16. The van der Waals surface area contributed by atoms with Crippen LogP contribution in [0.2, 0.25) is 0 Å². The molecule has 8 heteroatoms. The first-order valence-corrected chi connectivity index (χ1v) is 12.5. The Hall–Kier alpha value is -3.36. The summed E-state index contributed by atoms with van der Waals surface area (Å²) in [6, 6.07) is 21.3. The third-order valence-electron chi connectivity index (χ3n) is 5.10. The molecule has 0 aromatic heterocycles. The molecule has 1 N–H and O–H groups in total. The standard InChI is InChI=1S/C27H23BrN2O4S/c1-16(2)34-27(33)18-6-12-21(13-7-18)30-25(31)23(29-20-10-8-19(28)9-11-20)24(26(30)32)35-22-14-4-17(3)5-15-22/h4-16,29H,1-3H3. The monoisotopic (exact) mass is 550 g/mol. The van der Waals surface area contributed by atoms with E-state index < -0.39 is 17.8 Å². The van der Waals surface area contributed by atoms with E-state index in [9.17, 15) is 14.4 Å². The van der Waals surface area contributed by atoms with Gasteiger partial charge in [-0.1, -0.05) is 45.4 Å². The molecular formula is C27H23BrN2O4S. The van der Waals surface area contributed by atoms with E-state index in [1.807, 2.05) is 55.5 Å². The highest BCUT2D eigenvalue weighted by atomic mass is 79.9. The van der Waals surface area contributed by atoms with Crippen LogP contribution in [0.5, 0.6) is 0 Å². The van der Waals surface area contributed by atoms with Crippen molar-refractivity contribution in [1.82, 2.24) is 0 Å². The molecular weight excluding hydrogens is 528 g/mol. The molecule has 1 aliphatic rings. The molecule has 35 heavy (non-hydrogen) atoms. The smallest absolute Gasteiger partial charge is 0.338 e. The predicted octanol–water partition coefficient (Wildman–Crippen LogP) is 6.31. The van der Waals surface area contributed by atoms with Gasteiger partial charge in [0.2, 0.25) is 0 Å². The number of anilines is 2. The summed E-state index contributed by atoms with van der Waals surface area (Å²) < 4.78 is 6.12. The fourth-order valence-electron chi connectivity index (χ4n) is 3.38. The van der Waals surface area contributed by atoms with Crippen LogP contribution in [0.25, 0.3) is 0 Å². The number of ether oxygens (including phenoxy) is 1. The Morgan fingerprint density at radius 3 is 2.14 bits per heavy atom. The number of halogens is 1. The number of rotatable bonds is 7. The Kier molecular flexibility index (Phi) is 7.42. The van der Waals surface area contributed by atoms with Crippen LogP contribution in [0.1, 0.15) is 29.8 Å². The maximum atomic E-state index is 13.5. The molecule has 2 amide bonds. The van der Waals surface area contributed by atoms with E-state index in [-0.39, 0.29) is 11.8 Å². The maximum absolute atomic E-state index is 13.5. The first kappa shape index (κ1) is 24.8. The molecule has 6 nitrogen and oxygen atoms in total. The minimum atomic E-state index is -0.468. The lowest BCUT2D eigenvalue weighted by Crippen LogP contribution is -2.32. The van der Waals surface area contributed by atoms with Gasteiger partial charge in [-0.15, -0.1) is 0 Å². The van der Waals surface area contributed by atoms with E-state index in [0.717, 1.165) is 19.8 Å². The maximum Gasteiger partial charge on any atom is 0.338 e. The van der Waals surface area contributed by atoms with Crippen LogP contribution >= 0.6 is 27.7 Å². The predicted molar refractivity (Wildman–Crippen MR) is 141 cm³/mol. The molecule has 0 unspecified atom stereocenters. The Labute approximate surface area is 216 Å². The topological polar surface area (TPSA) is 75.7 Å². The van der Waals surface area contributed by atoms with Crippen molar-refractivity contribution in [3.63, 3.8) is 0 Å². The average Bonchev–Trinajstić information content (AvgIpc) is 3.05. The van der Waals surface area contributed by atoms with Crippen molar-refractivity contribution >= 4 is 56.9 Å². The Morgan fingerprint density at radius 1 is 0.914 bits per heavy atom. The van der Waals surface area contributed by atoms with Gasteiger partial charge in [0.1, 0.15) is 10.6 Å². The summed E-state index contributed by atoms with van der Waals surface area (Å²) in [4.78, 5) is 41.4. The molecule has 178 valence electrons. The first-order valence-electron chi connectivity index (χ1n) is 10.9. The number of amides is 2. The van der Waals surface area contributed by atoms with E-state index in [4.69, 9.17) is 4.74 Å². The number of hydrogen-bond acceptors (Lipinski definition) is 6. The van der Waals surface area contributed by atoms with Crippen LogP contribution in [0, 0.1) is 6.92 Å². The van der Waals surface area contributed by atoms with Crippen molar-refractivity contribution in [2.75, 3.05) is 10.2 Å². The zero-order chi connectivity index (χ0) is 25.1. The van der Waals surface area contributed by atoms with Crippen molar-refractivity contribution in [2.24, 2.45) is 0 Å². The van der Waals surface area contributed by atoms with Crippen molar-refractivity contribution in [3.05, 3.63) is 99.0 Å². The normalized spacial score (nSPS) is 13.6. The number of esters is 1. The number of benzene rings is 3. The average molecular weight is 551 g/mol. The molecule has 0 fully saturated rings. The number of hydrogen-bond donors (Lipinski definition) is 1. The summed E-state index contributed by atoms with van der Waals surface area (Å²) >= 11 is 4.64. The van der Waals surface area contributed by atoms with Gasteiger partial charge in [-0.05, 0) is 81.4 Å². The van der Waals surface area contributed by atoms with Gasteiger partial charge < -0.3 is 10.1 Å². The third kappa shape index (κ3) is 5.66. The highest BCUT2D eigenvalue weighted by Gasteiger charge is 2.40. The van der Waals surface area contributed by atoms with Crippen LogP contribution in [-0.2, 0) is 14.3 Å². The summed E-state index contributed by atoms with van der Waals surface area (Å²) in [6.07, 6.45) is -0.248. The molecule has 0 atom stereocenters. The largest absolute Gasteiger partial charge is 0.459 e. The lowest BCUT2D eigenvalue weighted by atomic mass is 10.2. The Morgan fingerprint density at radius 2 is 1.54 bits per heavy atom. The van der Waals surface area contributed by atoms with Crippen LogP contribution in [-0.4, -0.2) is 23.9 Å². The van der Waals surface area contributed by atoms with Crippen LogP contribution in [0.3, 0.4) is 0 Å². The summed E-state index contributed by atoms with van der Waals surface area (Å²) in [6.45, 7) is 5.53. The number of carbonyl (C=O) groups is 3. The van der Waals surface area contributed by atoms with Gasteiger partial charge in [0.25, 0.3) is 11.8 Å². The number of thioether (sulfide) groups is 1. The van der Waals surface area contributed by atoms with E-state index in [0.29, 0.717) is 21.8 Å². The van der Waals surface area contributed by atoms with Gasteiger partial charge in [0, 0.05) is 15.1 Å². The number of carbonyl (C=O) groups excluding carboxylic acids is 3. The molecule has 1 aliphatic heterocycles. The zero-order valence-electron chi connectivity index (χ0n) is 19.4. The first-order chi connectivity index (χ1) is 16.7. The number of nitrogens with zero attached hydrogens (tertiary/aromatic N) is 1. The van der Waals surface area contributed by atoms with Gasteiger partial charge in [-0.2, -0.15) is 0 Å². The van der Waals surface area contributed by atoms with E-state index in [2.05, 4.69) is 21.2 Å². The molecule has 0 bridgehead atoms. The van der Waals surface area contributed by atoms with Crippen LogP contribution < -0.4 is 10.2 Å². The molecule has 0 radical (unpaired) electrons. The van der Waals surface area contributed by atoms with Gasteiger partial charge in [0.05, 0.1) is 17.4 Å². The minimum absolute atomic E-state index is 0.200. The Bertz CT molecular complexity index is 1230. The Balaban J connectivity index is 1.66. The number of imide groups is 1. The van der Waals surface area contributed by atoms with E-state index in [1.54, 1.807) is 38.1 Å². The summed E-state index contributed by atoms with van der Waals surface area (Å²) in [5, 5.41) is 3.13. The SMILES string of the molecule is Cc1ccc(SC2=C(Nc3ccc(Br)cc3)C(=O)N(c3ccc(C(=O)OC(C)C)cc3)C2=O)cc1. The second kappa shape index (κ2) is 10.5. The van der Waals surface area contributed by atoms with Crippen molar-refractivity contribution < 1.29 is 19.1 Å². The highest BCUT2D eigenvalue weighted by molar-refractivity contribution is 9.10. The second-order valence-electron chi connectivity index (χ2n) is 8.20. The van der Waals surface area contributed by atoms with Crippen molar-refractivity contribution in [2.45, 2.75) is 31.8 Å². The minimum Gasteiger partial charge on any atom is -0.459 e.